The topological polar surface area (TPSA) is 26.0 Å². The average molecular weight is 240 g/mol. The summed E-state index contributed by atoms with van der Waals surface area (Å²) >= 11 is 3.46. The number of hydrogen-bond donors (Lipinski definition) is 1. The molecular formula is C11H14BrN. The van der Waals surface area contributed by atoms with Crippen molar-refractivity contribution in [3.05, 3.63) is 33.8 Å². The van der Waals surface area contributed by atoms with E-state index in [1.807, 2.05) is 0 Å². The number of halogens is 1. The number of nitrogens with two attached hydrogens (primary N) is 1. The van der Waals surface area contributed by atoms with E-state index in [1.54, 1.807) is 0 Å². The first-order chi connectivity index (χ1) is 6.09. The van der Waals surface area contributed by atoms with Crippen molar-refractivity contribution in [1.82, 2.24) is 0 Å². The van der Waals surface area contributed by atoms with Gasteiger partial charge in [-0.2, -0.15) is 0 Å². The number of benzene rings is 1. The van der Waals surface area contributed by atoms with Crippen LogP contribution >= 0.6 is 15.9 Å². The van der Waals surface area contributed by atoms with Gasteiger partial charge in [-0.3, -0.25) is 0 Å². The molecule has 0 amide bonds. The fourth-order valence-electron chi connectivity index (χ4n) is 1.57. The maximum Gasteiger partial charge on any atom is 0.0196 e. The van der Waals surface area contributed by atoms with Crippen LogP contribution < -0.4 is 5.73 Å². The predicted octanol–water partition coefficient (Wildman–Crippen LogP) is 2.79. The van der Waals surface area contributed by atoms with Crippen molar-refractivity contribution < 1.29 is 0 Å². The van der Waals surface area contributed by atoms with Crippen LogP contribution in [0.4, 0.5) is 0 Å². The van der Waals surface area contributed by atoms with Crippen molar-refractivity contribution in [1.29, 1.82) is 0 Å². The molecule has 0 bridgehead atoms. The molecule has 1 fully saturated rings. The lowest BCUT2D eigenvalue weighted by molar-refractivity contribution is 0.669. The number of aryl methyl sites for hydroxylation is 1. The van der Waals surface area contributed by atoms with Crippen LogP contribution in [0.2, 0.25) is 0 Å². The summed E-state index contributed by atoms with van der Waals surface area (Å²) in [6.07, 6.45) is 3.40. The summed E-state index contributed by atoms with van der Waals surface area (Å²) in [5.41, 5.74) is 8.93. The van der Waals surface area contributed by atoms with Gasteiger partial charge in [-0.05, 0) is 49.4 Å². The Bertz CT molecular complexity index is 329. The van der Waals surface area contributed by atoms with Crippen LogP contribution in [-0.4, -0.2) is 5.54 Å². The van der Waals surface area contributed by atoms with Crippen LogP contribution in [0.5, 0.6) is 0 Å². The van der Waals surface area contributed by atoms with Crippen LogP contribution in [0.25, 0.3) is 0 Å². The average Bonchev–Trinajstić information content (AvgIpc) is 2.75. The molecule has 1 aliphatic carbocycles. The Balaban J connectivity index is 2.20. The third-order valence-electron chi connectivity index (χ3n) is 2.74. The molecule has 1 aromatic carbocycles. The Morgan fingerprint density at radius 2 is 2.15 bits per heavy atom. The monoisotopic (exact) mass is 239 g/mol. The molecule has 1 saturated carbocycles. The number of hydrogen-bond acceptors (Lipinski definition) is 1. The maximum atomic E-state index is 6.07. The molecule has 1 nitrogen and oxygen atoms in total. The molecule has 2 rings (SSSR count). The summed E-state index contributed by atoms with van der Waals surface area (Å²) in [5, 5.41) is 0. The van der Waals surface area contributed by atoms with Gasteiger partial charge in [0, 0.05) is 10.0 Å². The minimum absolute atomic E-state index is 0.124. The summed E-state index contributed by atoms with van der Waals surface area (Å²) in [6, 6.07) is 6.42. The largest absolute Gasteiger partial charge is 0.325 e. The second-order valence-electron chi connectivity index (χ2n) is 4.11. The first kappa shape index (κ1) is 9.22. The van der Waals surface area contributed by atoms with Crippen molar-refractivity contribution in [3.63, 3.8) is 0 Å². The van der Waals surface area contributed by atoms with Crippen LogP contribution in [0.3, 0.4) is 0 Å². The van der Waals surface area contributed by atoms with E-state index in [4.69, 9.17) is 5.73 Å². The van der Waals surface area contributed by atoms with Gasteiger partial charge in [0.25, 0.3) is 0 Å². The van der Waals surface area contributed by atoms with E-state index in [9.17, 15) is 0 Å². The molecule has 0 saturated heterocycles. The molecule has 1 aliphatic rings. The van der Waals surface area contributed by atoms with Gasteiger partial charge in [0.05, 0.1) is 0 Å². The lowest BCUT2D eigenvalue weighted by Crippen LogP contribution is -2.24. The van der Waals surface area contributed by atoms with E-state index in [-0.39, 0.29) is 5.54 Å². The van der Waals surface area contributed by atoms with Crippen molar-refractivity contribution >= 4 is 15.9 Å². The normalized spacial score (nSPS) is 18.7. The van der Waals surface area contributed by atoms with E-state index >= 15 is 0 Å². The van der Waals surface area contributed by atoms with Gasteiger partial charge < -0.3 is 5.73 Å². The summed E-state index contributed by atoms with van der Waals surface area (Å²) in [6.45, 7) is 2.14. The zero-order chi connectivity index (χ0) is 9.47. The Labute approximate surface area is 87.5 Å². The third-order valence-corrected chi connectivity index (χ3v) is 3.23. The summed E-state index contributed by atoms with van der Waals surface area (Å²) in [7, 11) is 0. The molecule has 70 valence electrons. The van der Waals surface area contributed by atoms with E-state index in [0.717, 1.165) is 10.9 Å². The highest BCUT2D eigenvalue weighted by atomic mass is 79.9. The van der Waals surface area contributed by atoms with Gasteiger partial charge in [0.2, 0.25) is 0 Å². The first-order valence-electron chi connectivity index (χ1n) is 4.63. The summed E-state index contributed by atoms with van der Waals surface area (Å²) in [5.74, 6) is 0. The Morgan fingerprint density at radius 3 is 2.69 bits per heavy atom. The molecule has 2 heteroatoms. The quantitative estimate of drug-likeness (QED) is 0.845. The minimum Gasteiger partial charge on any atom is -0.325 e. The lowest BCUT2D eigenvalue weighted by atomic mass is 10.0. The molecule has 1 aromatic rings. The second kappa shape index (κ2) is 3.10. The molecule has 13 heavy (non-hydrogen) atoms. The maximum absolute atomic E-state index is 6.07. The van der Waals surface area contributed by atoms with Crippen LogP contribution in [0.15, 0.2) is 22.7 Å². The third kappa shape index (κ3) is 2.12. The highest BCUT2D eigenvalue weighted by Gasteiger charge is 2.38. The van der Waals surface area contributed by atoms with Crippen LogP contribution in [-0.2, 0) is 6.42 Å². The standard InChI is InChI=1S/C11H14BrN/c1-8-6-10(12)3-2-9(8)7-11(13)4-5-11/h2-3,6H,4-5,7,13H2,1H3. The number of rotatable bonds is 2. The Morgan fingerprint density at radius 1 is 1.46 bits per heavy atom. The van der Waals surface area contributed by atoms with E-state index in [2.05, 4.69) is 41.1 Å². The van der Waals surface area contributed by atoms with Crippen molar-refractivity contribution in [2.45, 2.75) is 31.7 Å². The van der Waals surface area contributed by atoms with Gasteiger partial charge in [-0.15, -0.1) is 0 Å². The molecule has 0 aliphatic heterocycles. The summed E-state index contributed by atoms with van der Waals surface area (Å²) < 4.78 is 1.15. The van der Waals surface area contributed by atoms with Crippen molar-refractivity contribution in [2.75, 3.05) is 0 Å². The van der Waals surface area contributed by atoms with E-state index in [0.29, 0.717) is 0 Å². The molecule has 0 aromatic heterocycles. The van der Waals surface area contributed by atoms with Crippen LogP contribution in [0.1, 0.15) is 24.0 Å². The molecule has 0 heterocycles. The van der Waals surface area contributed by atoms with Crippen LogP contribution in [0, 0.1) is 6.92 Å². The van der Waals surface area contributed by atoms with E-state index in [1.165, 1.54) is 24.0 Å². The summed E-state index contributed by atoms with van der Waals surface area (Å²) in [4.78, 5) is 0. The Kier molecular flexibility index (Phi) is 2.20. The second-order valence-corrected chi connectivity index (χ2v) is 5.03. The molecule has 2 N–H and O–H groups in total. The molecule has 0 radical (unpaired) electrons. The zero-order valence-electron chi connectivity index (χ0n) is 7.81. The minimum atomic E-state index is 0.124. The molecule has 0 unspecified atom stereocenters. The smallest absolute Gasteiger partial charge is 0.0196 e. The van der Waals surface area contributed by atoms with Gasteiger partial charge in [0.1, 0.15) is 0 Å². The van der Waals surface area contributed by atoms with Gasteiger partial charge in [-0.25, -0.2) is 0 Å². The van der Waals surface area contributed by atoms with Gasteiger partial charge in [0.15, 0.2) is 0 Å². The highest BCUT2D eigenvalue weighted by Crippen LogP contribution is 2.36. The lowest BCUT2D eigenvalue weighted by Gasteiger charge is -2.11. The predicted molar refractivity (Wildman–Crippen MR) is 58.7 cm³/mol. The van der Waals surface area contributed by atoms with Gasteiger partial charge in [-0.1, -0.05) is 22.0 Å². The van der Waals surface area contributed by atoms with Gasteiger partial charge >= 0.3 is 0 Å². The highest BCUT2D eigenvalue weighted by molar-refractivity contribution is 9.10. The first-order valence-corrected chi connectivity index (χ1v) is 5.42. The molecule has 0 spiro atoms. The zero-order valence-corrected chi connectivity index (χ0v) is 9.39. The molecular weight excluding hydrogens is 226 g/mol. The molecule has 0 atom stereocenters. The Hall–Kier alpha value is -0.340. The fraction of sp³-hybridized carbons (Fsp3) is 0.455. The van der Waals surface area contributed by atoms with Crippen molar-refractivity contribution in [3.8, 4) is 0 Å². The van der Waals surface area contributed by atoms with E-state index < -0.39 is 0 Å². The van der Waals surface area contributed by atoms with Crippen molar-refractivity contribution in [2.24, 2.45) is 5.73 Å². The fourth-order valence-corrected chi connectivity index (χ4v) is 2.05. The SMILES string of the molecule is Cc1cc(Br)ccc1CC1(N)CC1.